The van der Waals surface area contributed by atoms with Gasteiger partial charge in [0.15, 0.2) is 0 Å². The summed E-state index contributed by atoms with van der Waals surface area (Å²) in [5.74, 6) is -0.307. The lowest BCUT2D eigenvalue weighted by Gasteiger charge is -2.34. The third kappa shape index (κ3) is 3.71. The van der Waals surface area contributed by atoms with E-state index in [4.69, 9.17) is 0 Å². The summed E-state index contributed by atoms with van der Waals surface area (Å²) in [6, 6.07) is 13.8. The SMILES string of the molecule is O=C(NCc1cccnc1)C1Cc2ccccc2CN1S(=O)(=O)c1cccs1. The van der Waals surface area contributed by atoms with Crippen LogP contribution in [0.4, 0.5) is 0 Å². The highest BCUT2D eigenvalue weighted by atomic mass is 32.2. The molecule has 144 valence electrons. The van der Waals surface area contributed by atoms with Crippen LogP contribution in [-0.4, -0.2) is 29.7 Å². The highest BCUT2D eigenvalue weighted by Crippen LogP contribution is 2.30. The van der Waals surface area contributed by atoms with Gasteiger partial charge in [0.05, 0.1) is 0 Å². The number of benzene rings is 1. The van der Waals surface area contributed by atoms with Crippen LogP contribution in [0.15, 0.2) is 70.5 Å². The van der Waals surface area contributed by atoms with Crippen LogP contribution < -0.4 is 5.32 Å². The lowest BCUT2D eigenvalue weighted by Crippen LogP contribution is -2.52. The molecule has 1 aliphatic heterocycles. The molecule has 1 aromatic carbocycles. The molecule has 2 aromatic heterocycles. The highest BCUT2D eigenvalue weighted by Gasteiger charge is 2.39. The number of hydrogen-bond donors (Lipinski definition) is 1. The van der Waals surface area contributed by atoms with Crippen molar-refractivity contribution in [3.05, 3.63) is 83.0 Å². The minimum absolute atomic E-state index is 0.182. The topological polar surface area (TPSA) is 79.4 Å². The van der Waals surface area contributed by atoms with Gasteiger partial charge in [-0.2, -0.15) is 4.31 Å². The van der Waals surface area contributed by atoms with Crippen molar-refractivity contribution < 1.29 is 13.2 Å². The van der Waals surface area contributed by atoms with Crippen molar-refractivity contribution in [2.24, 2.45) is 0 Å². The van der Waals surface area contributed by atoms with E-state index < -0.39 is 16.1 Å². The van der Waals surface area contributed by atoms with E-state index in [9.17, 15) is 13.2 Å². The molecule has 0 fully saturated rings. The monoisotopic (exact) mass is 413 g/mol. The quantitative estimate of drug-likeness (QED) is 0.697. The Kier molecular flexibility index (Phi) is 5.25. The number of nitrogens with one attached hydrogen (secondary N) is 1. The Morgan fingerprint density at radius 1 is 1.14 bits per heavy atom. The molecule has 1 aliphatic rings. The number of amides is 1. The fourth-order valence-corrected chi connectivity index (χ4v) is 6.00. The van der Waals surface area contributed by atoms with Gasteiger partial charge >= 0.3 is 0 Å². The second kappa shape index (κ2) is 7.83. The van der Waals surface area contributed by atoms with Crippen molar-refractivity contribution >= 4 is 27.3 Å². The molecular formula is C20H19N3O3S2. The first-order valence-electron chi connectivity index (χ1n) is 8.84. The van der Waals surface area contributed by atoms with E-state index in [0.717, 1.165) is 28.0 Å². The summed E-state index contributed by atoms with van der Waals surface area (Å²) >= 11 is 1.16. The molecule has 0 aliphatic carbocycles. The third-order valence-electron chi connectivity index (χ3n) is 4.76. The molecule has 0 bridgehead atoms. The number of nitrogens with zero attached hydrogens (tertiary/aromatic N) is 2. The van der Waals surface area contributed by atoms with Crippen LogP contribution in [-0.2, 0) is 34.3 Å². The summed E-state index contributed by atoms with van der Waals surface area (Å²) in [6.07, 6.45) is 3.69. The summed E-state index contributed by atoms with van der Waals surface area (Å²) in [5, 5.41) is 4.59. The van der Waals surface area contributed by atoms with E-state index >= 15 is 0 Å². The standard InChI is InChI=1S/C20H19N3O3S2/c24-20(22-13-15-5-3-9-21-12-15)18-11-16-6-1-2-7-17(16)14-23(18)28(25,26)19-8-4-10-27-19/h1-10,12,18H,11,13-14H2,(H,22,24). The van der Waals surface area contributed by atoms with E-state index in [0.29, 0.717) is 13.0 Å². The maximum atomic E-state index is 13.2. The Morgan fingerprint density at radius 2 is 1.96 bits per heavy atom. The Morgan fingerprint density at radius 3 is 2.68 bits per heavy atom. The van der Waals surface area contributed by atoms with E-state index in [1.165, 1.54) is 4.31 Å². The van der Waals surface area contributed by atoms with E-state index in [-0.39, 0.29) is 16.7 Å². The van der Waals surface area contributed by atoms with Gasteiger partial charge in [0, 0.05) is 25.5 Å². The lowest BCUT2D eigenvalue weighted by atomic mass is 9.95. The maximum absolute atomic E-state index is 13.2. The molecule has 28 heavy (non-hydrogen) atoms. The minimum atomic E-state index is -3.76. The maximum Gasteiger partial charge on any atom is 0.253 e. The molecule has 8 heteroatoms. The predicted molar refractivity (Wildman–Crippen MR) is 107 cm³/mol. The molecule has 1 amide bonds. The first-order valence-corrected chi connectivity index (χ1v) is 11.2. The number of pyridine rings is 1. The first kappa shape index (κ1) is 18.8. The average molecular weight is 414 g/mol. The van der Waals surface area contributed by atoms with Crippen molar-refractivity contribution in [2.75, 3.05) is 0 Å². The first-order chi connectivity index (χ1) is 13.6. The van der Waals surface area contributed by atoms with Gasteiger partial charge in [0.25, 0.3) is 10.0 Å². The number of hydrogen-bond acceptors (Lipinski definition) is 5. The number of aromatic nitrogens is 1. The Labute approximate surface area is 167 Å². The molecule has 3 heterocycles. The molecular weight excluding hydrogens is 394 g/mol. The van der Waals surface area contributed by atoms with Crippen LogP contribution in [0.1, 0.15) is 16.7 Å². The van der Waals surface area contributed by atoms with Gasteiger partial charge in [-0.1, -0.05) is 36.4 Å². The lowest BCUT2D eigenvalue weighted by molar-refractivity contribution is -0.125. The summed E-state index contributed by atoms with van der Waals surface area (Å²) in [6.45, 7) is 0.485. The predicted octanol–water partition coefficient (Wildman–Crippen LogP) is 2.58. The van der Waals surface area contributed by atoms with Gasteiger partial charge in [-0.05, 0) is 40.6 Å². The Hall–Kier alpha value is -2.55. The van der Waals surface area contributed by atoms with Gasteiger partial charge in [-0.15, -0.1) is 11.3 Å². The van der Waals surface area contributed by atoms with Crippen LogP contribution >= 0.6 is 11.3 Å². The number of carbonyl (C=O) groups excluding carboxylic acids is 1. The molecule has 0 spiro atoms. The number of thiophene rings is 1. The van der Waals surface area contributed by atoms with Crippen molar-refractivity contribution in [1.29, 1.82) is 0 Å². The van der Waals surface area contributed by atoms with Crippen LogP contribution in [0.2, 0.25) is 0 Å². The molecule has 0 radical (unpaired) electrons. The van der Waals surface area contributed by atoms with Crippen LogP contribution in [0, 0.1) is 0 Å². The zero-order chi connectivity index (χ0) is 19.6. The molecule has 1 atom stereocenters. The number of rotatable bonds is 5. The molecule has 0 saturated heterocycles. The zero-order valence-electron chi connectivity index (χ0n) is 15.0. The van der Waals surface area contributed by atoms with Gasteiger partial charge in [-0.25, -0.2) is 8.42 Å². The smallest absolute Gasteiger partial charge is 0.253 e. The summed E-state index contributed by atoms with van der Waals surface area (Å²) in [7, 11) is -3.76. The van der Waals surface area contributed by atoms with Gasteiger partial charge in [0.2, 0.25) is 5.91 Å². The summed E-state index contributed by atoms with van der Waals surface area (Å²) in [5.41, 5.74) is 2.79. The van der Waals surface area contributed by atoms with Gasteiger partial charge in [-0.3, -0.25) is 9.78 Å². The molecule has 1 N–H and O–H groups in total. The molecule has 3 aromatic rings. The van der Waals surface area contributed by atoms with Crippen molar-refractivity contribution in [3.8, 4) is 0 Å². The van der Waals surface area contributed by atoms with Crippen LogP contribution in [0.3, 0.4) is 0 Å². The minimum Gasteiger partial charge on any atom is -0.351 e. The number of fused-ring (bicyclic) bond motifs is 1. The Bertz CT molecular complexity index is 1070. The highest BCUT2D eigenvalue weighted by molar-refractivity contribution is 7.91. The average Bonchev–Trinajstić information content (AvgIpc) is 3.27. The van der Waals surface area contributed by atoms with Crippen molar-refractivity contribution in [2.45, 2.75) is 29.8 Å². The molecule has 1 unspecified atom stereocenters. The summed E-state index contributed by atoms with van der Waals surface area (Å²) in [4.78, 5) is 17.0. The zero-order valence-corrected chi connectivity index (χ0v) is 16.6. The van der Waals surface area contributed by atoms with E-state index in [1.807, 2.05) is 30.3 Å². The Balaban J connectivity index is 1.63. The van der Waals surface area contributed by atoms with Crippen molar-refractivity contribution in [1.82, 2.24) is 14.6 Å². The van der Waals surface area contributed by atoms with Crippen LogP contribution in [0.25, 0.3) is 0 Å². The van der Waals surface area contributed by atoms with Crippen molar-refractivity contribution in [3.63, 3.8) is 0 Å². The number of sulfonamides is 1. The fraction of sp³-hybridized carbons (Fsp3) is 0.200. The fourth-order valence-electron chi connectivity index (χ4n) is 3.31. The third-order valence-corrected chi connectivity index (χ3v) is 7.98. The molecule has 6 nitrogen and oxygen atoms in total. The van der Waals surface area contributed by atoms with E-state index in [1.54, 1.807) is 36.0 Å². The van der Waals surface area contributed by atoms with E-state index in [2.05, 4.69) is 10.3 Å². The van der Waals surface area contributed by atoms with Crippen LogP contribution in [0.5, 0.6) is 0 Å². The largest absolute Gasteiger partial charge is 0.351 e. The molecule has 0 saturated carbocycles. The number of carbonyl (C=O) groups is 1. The van der Waals surface area contributed by atoms with Gasteiger partial charge in [0.1, 0.15) is 10.3 Å². The normalized spacial score (nSPS) is 17.1. The second-order valence-corrected chi connectivity index (χ2v) is 9.62. The summed E-state index contributed by atoms with van der Waals surface area (Å²) < 4.78 is 28.0. The second-order valence-electron chi connectivity index (χ2n) is 6.55. The molecule has 4 rings (SSSR count). The van der Waals surface area contributed by atoms with Gasteiger partial charge < -0.3 is 5.32 Å².